The smallest absolute Gasteiger partial charge is 0.352 e. The third-order valence-electron chi connectivity index (χ3n) is 2.53. The lowest BCUT2D eigenvalue weighted by molar-refractivity contribution is 0.0691. The van der Waals surface area contributed by atoms with Crippen LogP contribution in [0, 0.1) is 13.8 Å². The maximum absolute atomic E-state index is 12.1. The van der Waals surface area contributed by atoms with E-state index in [0.717, 1.165) is 17.8 Å². The van der Waals surface area contributed by atoms with Gasteiger partial charge in [-0.3, -0.25) is 4.72 Å². The molecule has 0 unspecified atom stereocenters. The molecule has 0 aromatic carbocycles. The summed E-state index contributed by atoms with van der Waals surface area (Å²) in [5.74, 6) is -1.03. The number of nitrogens with zero attached hydrogens (tertiary/aromatic N) is 1. The molecule has 8 heteroatoms. The number of carbonyl (C=O) groups is 1. The van der Waals surface area contributed by atoms with E-state index in [4.69, 9.17) is 5.11 Å². The number of aryl methyl sites for hydroxylation is 2. The number of carboxylic acid groups (broad SMARTS) is 1. The topological polar surface area (TPSA) is 112 Å². The number of carboxylic acids is 1. The molecule has 0 aliphatic heterocycles. The Balaban J connectivity index is 2.32. The van der Waals surface area contributed by atoms with Crippen molar-refractivity contribution in [3.8, 4) is 0 Å². The summed E-state index contributed by atoms with van der Waals surface area (Å²) in [5.41, 5.74) is 1.36. The molecule has 0 aliphatic carbocycles. The van der Waals surface area contributed by atoms with Crippen molar-refractivity contribution < 1.29 is 18.3 Å². The summed E-state index contributed by atoms with van der Waals surface area (Å²) in [5, 5.41) is 8.77. The van der Waals surface area contributed by atoms with Crippen molar-refractivity contribution >= 4 is 21.8 Å². The van der Waals surface area contributed by atoms with Gasteiger partial charge >= 0.3 is 5.97 Å². The molecule has 7 nitrogen and oxygen atoms in total. The average Bonchev–Trinajstić information content (AvgIpc) is 2.76. The van der Waals surface area contributed by atoms with Gasteiger partial charge in [0.2, 0.25) is 0 Å². The van der Waals surface area contributed by atoms with Crippen LogP contribution in [-0.2, 0) is 10.0 Å². The summed E-state index contributed by atoms with van der Waals surface area (Å²) in [6, 6.07) is 4.46. The number of aromatic carboxylic acids is 1. The Kier molecular flexibility index (Phi) is 3.49. The van der Waals surface area contributed by atoms with E-state index in [1.54, 1.807) is 13.0 Å². The van der Waals surface area contributed by atoms with Gasteiger partial charge in [0.25, 0.3) is 10.0 Å². The first kappa shape index (κ1) is 14.1. The molecule has 2 heterocycles. The first-order chi connectivity index (χ1) is 9.28. The number of hydrogen-bond acceptors (Lipinski definition) is 4. The number of H-pyrrole nitrogens is 1. The van der Waals surface area contributed by atoms with Crippen molar-refractivity contribution in [1.82, 2.24) is 9.97 Å². The van der Waals surface area contributed by atoms with E-state index >= 15 is 0 Å². The summed E-state index contributed by atoms with van der Waals surface area (Å²) in [7, 11) is -3.87. The zero-order valence-electron chi connectivity index (χ0n) is 10.8. The summed E-state index contributed by atoms with van der Waals surface area (Å²) in [6.07, 6.45) is 1.12. The van der Waals surface area contributed by atoms with Crippen molar-refractivity contribution in [3.63, 3.8) is 0 Å². The highest BCUT2D eigenvalue weighted by Crippen LogP contribution is 2.17. The van der Waals surface area contributed by atoms with E-state index in [2.05, 4.69) is 14.7 Å². The first-order valence-electron chi connectivity index (χ1n) is 5.68. The summed E-state index contributed by atoms with van der Waals surface area (Å²) in [6.45, 7) is 3.58. The fourth-order valence-corrected chi connectivity index (χ4v) is 2.73. The van der Waals surface area contributed by atoms with Gasteiger partial charge in [0.1, 0.15) is 16.4 Å². The van der Waals surface area contributed by atoms with Crippen LogP contribution in [0.15, 0.2) is 29.3 Å². The highest BCUT2D eigenvalue weighted by Gasteiger charge is 2.19. The van der Waals surface area contributed by atoms with E-state index < -0.39 is 16.0 Å². The van der Waals surface area contributed by atoms with Gasteiger partial charge in [0.05, 0.1) is 0 Å². The number of aromatic amines is 1. The number of rotatable bonds is 4. The van der Waals surface area contributed by atoms with Gasteiger partial charge in [-0.05, 0) is 37.6 Å². The van der Waals surface area contributed by atoms with Crippen molar-refractivity contribution in [2.75, 3.05) is 4.72 Å². The predicted octanol–water partition coefficient (Wildman–Crippen LogP) is 1.53. The SMILES string of the molecule is Cc1cc(C)nc(NS(=O)(=O)c2c[nH]c(C(=O)O)c2)c1. The van der Waals surface area contributed by atoms with Crippen LogP contribution in [0.25, 0.3) is 0 Å². The number of nitrogens with one attached hydrogen (secondary N) is 2. The van der Waals surface area contributed by atoms with Crippen LogP contribution in [0.3, 0.4) is 0 Å². The van der Waals surface area contributed by atoms with Crippen molar-refractivity contribution in [2.45, 2.75) is 18.7 Å². The van der Waals surface area contributed by atoms with Crippen molar-refractivity contribution in [2.24, 2.45) is 0 Å². The monoisotopic (exact) mass is 295 g/mol. The van der Waals surface area contributed by atoms with E-state index in [9.17, 15) is 13.2 Å². The molecular weight excluding hydrogens is 282 g/mol. The van der Waals surface area contributed by atoms with E-state index in [-0.39, 0.29) is 16.4 Å². The quantitative estimate of drug-likeness (QED) is 0.791. The van der Waals surface area contributed by atoms with E-state index in [0.29, 0.717) is 5.69 Å². The standard InChI is InChI=1S/C12H13N3O4S/c1-7-3-8(2)14-11(4-7)15-20(18,19)9-5-10(12(16)17)13-6-9/h3-6,13H,1-2H3,(H,14,15)(H,16,17). The number of pyridine rings is 1. The van der Waals surface area contributed by atoms with Gasteiger partial charge < -0.3 is 10.1 Å². The normalized spacial score (nSPS) is 11.3. The number of hydrogen-bond donors (Lipinski definition) is 3. The van der Waals surface area contributed by atoms with Gasteiger partial charge in [-0.2, -0.15) is 0 Å². The predicted molar refractivity (Wildman–Crippen MR) is 72.3 cm³/mol. The number of anilines is 1. The van der Waals surface area contributed by atoms with Crippen LogP contribution in [0.2, 0.25) is 0 Å². The molecule has 0 amide bonds. The lowest BCUT2D eigenvalue weighted by atomic mass is 10.2. The van der Waals surface area contributed by atoms with Crippen molar-refractivity contribution in [1.29, 1.82) is 0 Å². The second-order valence-corrected chi connectivity index (χ2v) is 6.01. The molecule has 0 bridgehead atoms. The largest absolute Gasteiger partial charge is 0.477 e. The van der Waals surface area contributed by atoms with Gasteiger partial charge in [-0.15, -0.1) is 0 Å². The molecule has 2 aromatic heterocycles. The van der Waals surface area contributed by atoms with Gasteiger partial charge in [-0.25, -0.2) is 18.2 Å². The fourth-order valence-electron chi connectivity index (χ4n) is 1.74. The van der Waals surface area contributed by atoms with Crippen molar-refractivity contribution in [3.05, 3.63) is 41.3 Å². The Labute approximate surface area is 115 Å². The minimum atomic E-state index is -3.87. The van der Waals surface area contributed by atoms with Crippen LogP contribution in [0.1, 0.15) is 21.7 Å². The Morgan fingerprint density at radius 3 is 2.55 bits per heavy atom. The minimum Gasteiger partial charge on any atom is -0.477 e. The third-order valence-corrected chi connectivity index (χ3v) is 3.87. The second kappa shape index (κ2) is 4.97. The van der Waals surface area contributed by atoms with Crippen LogP contribution >= 0.6 is 0 Å². The van der Waals surface area contributed by atoms with Crippen LogP contribution in [0.4, 0.5) is 5.82 Å². The maximum atomic E-state index is 12.1. The molecule has 0 spiro atoms. The van der Waals surface area contributed by atoms with Gasteiger partial charge in [0.15, 0.2) is 0 Å². The first-order valence-corrected chi connectivity index (χ1v) is 7.16. The lowest BCUT2D eigenvalue weighted by Gasteiger charge is -2.07. The van der Waals surface area contributed by atoms with Crippen LogP contribution in [0.5, 0.6) is 0 Å². The molecule has 2 aromatic rings. The maximum Gasteiger partial charge on any atom is 0.352 e. The van der Waals surface area contributed by atoms with Crippen LogP contribution < -0.4 is 4.72 Å². The molecular formula is C12H13N3O4S. The molecule has 2 rings (SSSR count). The van der Waals surface area contributed by atoms with Gasteiger partial charge in [-0.1, -0.05) is 0 Å². The molecule has 0 radical (unpaired) electrons. The molecule has 0 saturated carbocycles. The highest BCUT2D eigenvalue weighted by molar-refractivity contribution is 7.92. The Morgan fingerprint density at radius 2 is 2.00 bits per heavy atom. The van der Waals surface area contributed by atoms with Gasteiger partial charge in [0, 0.05) is 11.9 Å². The Hall–Kier alpha value is -2.35. The minimum absolute atomic E-state index is 0.157. The molecule has 3 N–H and O–H groups in total. The van der Waals surface area contributed by atoms with E-state index in [1.165, 1.54) is 0 Å². The Morgan fingerprint density at radius 1 is 1.30 bits per heavy atom. The second-order valence-electron chi connectivity index (χ2n) is 4.33. The zero-order chi connectivity index (χ0) is 14.9. The highest BCUT2D eigenvalue weighted by atomic mass is 32.2. The average molecular weight is 295 g/mol. The number of sulfonamides is 1. The van der Waals surface area contributed by atoms with E-state index in [1.807, 2.05) is 13.0 Å². The fraction of sp³-hybridized carbons (Fsp3) is 0.167. The molecule has 0 saturated heterocycles. The number of aromatic nitrogens is 2. The molecule has 20 heavy (non-hydrogen) atoms. The molecule has 0 atom stereocenters. The Bertz CT molecular complexity index is 745. The molecule has 106 valence electrons. The molecule has 0 fully saturated rings. The van der Waals surface area contributed by atoms with Crippen LogP contribution in [-0.4, -0.2) is 29.5 Å². The summed E-state index contributed by atoms with van der Waals surface area (Å²) < 4.78 is 26.5. The summed E-state index contributed by atoms with van der Waals surface area (Å²) in [4.78, 5) is 17.0. The zero-order valence-corrected chi connectivity index (χ0v) is 11.7. The molecule has 0 aliphatic rings. The lowest BCUT2D eigenvalue weighted by Crippen LogP contribution is -2.13. The third kappa shape index (κ3) is 2.97. The summed E-state index contributed by atoms with van der Waals surface area (Å²) >= 11 is 0.